The van der Waals surface area contributed by atoms with Crippen LogP contribution in [-0.2, 0) is 16.1 Å². The maximum Gasteiger partial charge on any atom is 0.321 e. The molecule has 1 aromatic carbocycles. The largest absolute Gasteiger partial charge is 0.378 e. The lowest BCUT2D eigenvalue weighted by Crippen LogP contribution is -2.42. The molecule has 5 rings (SSSR count). The zero-order valence-corrected chi connectivity index (χ0v) is 16.5. The Morgan fingerprint density at radius 3 is 2.59 bits per heavy atom. The van der Waals surface area contributed by atoms with Gasteiger partial charge >= 0.3 is 6.03 Å². The van der Waals surface area contributed by atoms with E-state index in [9.17, 15) is 9.59 Å². The number of ether oxygens (including phenoxy) is 1. The van der Waals surface area contributed by atoms with Crippen molar-refractivity contribution in [3.8, 4) is 0 Å². The molecule has 8 heteroatoms. The quantitative estimate of drug-likeness (QED) is 0.815. The van der Waals surface area contributed by atoms with E-state index in [0.717, 1.165) is 42.8 Å². The number of benzene rings is 1. The second-order valence-electron chi connectivity index (χ2n) is 8.22. The molecule has 1 aromatic heterocycles. The van der Waals surface area contributed by atoms with Crippen molar-refractivity contribution in [2.75, 3.05) is 57.8 Å². The summed E-state index contributed by atoms with van der Waals surface area (Å²) in [5.41, 5.74) is 1.78. The Labute approximate surface area is 169 Å². The van der Waals surface area contributed by atoms with Crippen LogP contribution >= 0.6 is 0 Å². The number of aromatic nitrogens is 1. The molecule has 154 valence electrons. The van der Waals surface area contributed by atoms with Gasteiger partial charge in [0, 0.05) is 62.1 Å². The average molecular weight is 397 g/mol. The molecule has 3 fully saturated rings. The van der Waals surface area contributed by atoms with Gasteiger partial charge in [-0.25, -0.2) is 4.79 Å². The lowest BCUT2D eigenvalue weighted by Gasteiger charge is -2.27. The van der Waals surface area contributed by atoms with Gasteiger partial charge in [-0.3, -0.25) is 4.79 Å². The second kappa shape index (κ2) is 7.68. The number of nitrogens with zero attached hydrogens (tertiary/aromatic N) is 3. The zero-order chi connectivity index (χ0) is 19.8. The van der Waals surface area contributed by atoms with Crippen LogP contribution in [0.4, 0.5) is 10.5 Å². The van der Waals surface area contributed by atoms with Crippen molar-refractivity contribution < 1.29 is 14.3 Å². The summed E-state index contributed by atoms with van der Waals surface area (Å²) in [6.07, 6.45) is 1.93. The van der Waals surface area contributed by atoms with Gasteiger partial charge in [0.2, 0.25) is 5.91 Å². The predicted molar refractivity (Wildman–Crippen MR) is 110 cm³/mol. The van der Waals surface area contributed by atoms with E-state index in [1.165, 1.54) is 0 Å². The number of fused-ring (bicyclic) bond motifs is 2. The highest BCUT2D eigenvalue weighted by atomic mass is 16.5. The van der Waals surface area contributed by atoms with Gasteiger partial charge in [0.05, 0.1) is 13.2 Å². The molecule has 29 heavy (non-hydrogen) atoms. The molecule has 3 amide bonds. The minimum atomic E-state index is -0.0272. The summed E-state index contributed by atoms with van der Waals surface area (Å²) in [6.45, 7) is 6.52. The molecule has 4 heterocycles. The summed E-state index contributed by atoms with van der Waals surface area (Å²) in [7, 11) is 0. The van der Waals surface area contributed by atoms with Crippen LogP contribution in [0.2, 0.25) is 0 Å². The molecule has 8 nitrogen and oxygen atoms in total. The van der Waals surface area contributed by atoms with E-state index >= 15 is 0 Å². The molecule has 0 bridgehead atoms. The molecular weight excluding hydrogens is 370 g/mol. The summed E-state index contributed by atoms with van der Waals surface area (Å²) < 4.78 is 7.28. The normalized spacial score (nSPS) is 24.1. The highest BCUT2D eigenvalue weighted by Gasteiger charge is 2.38. The standard InChI is InChI=1S/C21H27N5O3/c27-20(24-5-7-29-8-6-24)14-25-4-3-15-9-18(1-2-19(15)25)23-21(28)26-12-16-10-22-11-17(16)13-26/h1-4,9,16-17,22H,5-8,10-14H2,(H,23,28)/t16-,17+. The Balaban J connectivity index is 1.24. The molecule has 2 atom stereocenters. The van der Waals surface area contributed by atoms with Gasteiger partial charge < -0.3 is 29.7 Å². The van der Waals surface area contributed by atoms with Crippen LogP contribution in [0.3, 0.4) is 0 Å². The van der Waals surface area contributed by atoms with Crippen LogP contribution < -0.4 is 10.6 Å². The van der Waals surface area contributed by atoms with Crippen molar-refractivity contribution in [3.05, 3.63) is 30.5 Å². The van der Waals surface area contributed by atoms with Crippen LogP contribution in [-0.4, -0.2) is 78.8 Å². The topological polar surface area (TPSA) is 78.8 Å². The molecule has 0 spiro atoms. The van der Waals surface area contributed by atoms with E-state index in [-0.39, 0.29) is 11.9 Å². The van der Waals surface area contributed by atoms with Crippen molar-refractivity contribution in [2.45, 2.75) is 6.54 Å². The molecule has 0 radical (unpaired) electrons. The highest BCUT2D eigenvalue weighted by Crippen LogP contribution is 2.27. The lowest BCUT2D eigenvalue weighted by molar-refractivity contribution is -0.135. The van der Waals surface area contributed by atoms with E-state index in [1.807, 2.05) is 44.8 Å². The monoisotopic (exact) mass is 397 g/mol. The van der Waals surface area contributed by atoms with Gasteiger partial charge in [0.1, 0.15) is 6.54 Å². The van der Waals surface area contributed by atoms with Gasteiger partial charge in [-0.05, 0) is 36.1 Å². The van der Waals surface area contributed by atoms with Crippen molar-refractivity contribution >= 4 is 28.5 Å². The highest BCUT2D eigenvalue weighted by molar-refractivity contribution is 5.93. The summed E-state index contributed by atoms with van der Waals surface area (Å²) >= 11 is 0. The van der Waals surface area contributed by atoms with Gasteiger partial charge in [0.25, 0.3) is 0 Å². The van der Waals surface area contributed by atoms with E-state index in [2.05, 4.69) is 10.6 Å². The van der Waals surface area contributed by atoms with Crippen LogP contribution in [0, 0.1) is 11.8 Å². The van der Waals surface area contributed by atoms with E-state index in [4.69, 9.17) is 4.74 Å². The summed E-state index contributed by atoms with van der Waals surface area (Å²) in [4.78, 5) is 28.9. The van der Waals surface area contributed by atoms with Gasteiger partial charge in [-0.15, -0.1) is 0 Å². The Kier molecular flexibility index (Phi) is 4.89. The number of nitrogens with one attached hydrogen (secondary N) is 2. The number of rotatable bonds is 3. The first-order valence-corrected chi connectivity index (χ1v) is 10.4. The van der Waals surface area contributed by atoms with E-state index in [1.54, 1.807) is 0 Å². The zero-order valence-electron chi connectivity index (χ0n) is 16.5. The lowest BCUT2D eigenvalue weighted by atomic mass is 10.0. The number of urea groups is 1. The molecule has 0 aliphatic carbocycles. The van der Waals surface area contributed by atoms with Gasteiger partial charge in [-0.1, -0.05) is 0 Å². The molecular formula is C21H27N5O3. The third-order valence-corrected chi connectivity index (χ3v) is 6.37. The summed E-state index contributed by atoms with van der Waals surface area (Å²) in [6, 6.07) is 7.82. The van der Waals surface area contributed by atoms with Gasteiger partial charge in [0.15, 0.2) is 0 Å². The van der Waals surface area contributed by atoms with Crippen LogP contribution in [0.5, 0.6) is 0 Å². The Bertz CT molecular complexity index is 908. The van der Waals surface area contributed by atoms with Crippen molar-refractivity contribution in [3.63, 3.8) is 0 Å². The first kappa shape index (κ1) is 18.4. The molecule has 2 aromatic rings. The molecule has 0 unspecified atom stereocenters. The average Bonchev–Trinajstić information content (AvgIpc) is 3.43. The molecule has 3 saturated heterocycles. The smallest absolute Gasteiger partial charge is 0.321 e. The van der Waals surface area contributed by atoms with Crippen LogP contribution in [0.25, 0.3) is 10.9 Å². The summed E-state index contributed by atoms with van der Waals surface area (Å²) in [5.74, 6) is 1.28. The maximum absolute atomic E-state index is 12.6. The molecule has 3 aliphatic heterocycles. The Hall–Kier alpha value is -2.58. The minimum Gasteiger partial charge on any atom is -0.378 e. The summed E-state index contributed by atoms with van der Waals surface area (Å²) in [5, 5.41) is 7.45. The number of carbonyl (C=O) groups is 2. The molecule has 3 aliphatic rings. The van der Waals surface area contributed by atoms with E-state index < -0.39 is 0 Å². The first-order chi connectivity index (χ1) is 14.2. The predicted octanol–water partition coefficient (Wildman–Crippen LogP) is 1.18. The van der Waals surface area contributed by atoms with Crippen molar-refractivity contribution in [1.29, 1.82) is 0 Å². The number of morpholine rings is 1. The van der Waals surface area contributed by atoms with Gasteiger partial charge in [-0.2, -0.15) is 0 Å². The Morgan fingerprint density at radius 1 is 1.07 bits per heavy atom. The van der Waals surface area contributed by atoms with Crippen LogP contribution in [0.15, 0.2) is 30.5 Å². The number of likely N-dealkylation sites (tertiary alicyclic amines) is 1. The van der Waals surface area contributed by atoms with Crippen molar-refractivity contribution in [1.82, 2.24) is 19.7 Å². The molecule has 0 saturated carbocycles. The number of amides is 3. The fourth-order valence-corrected chi connectivity index (χ4v) is 4.70. The van der Waals surface area contributed by atoms with Crippen LogP contribution in [0.1, 0.15) is 0 Å². The second-order valence-corrected chi connectivity index (χ2v) is 8.22. The third kappa shape index (κ3) is 3.70. The fraction of sp³-hybridized carbons (Fsp3) is 0.524. The SMILES string of the molecule is O=C(Cn1ccc2cc(NC(=O)N3C[C@H]4CNC[C@H]4C3)ccc21)N1CCOCC1. The van der Waals surface area contributed by atoms with E-state index in [0.29, 0.717) is 44.7 Å². The maximum atomic E-state index is 12.6. The molecule has 2 N–H and O–H groups in total. The Morgan fingerprint density at radius 2 is 1.83 bits per heavy atom. The van der Waals surface area contributed by atoms with Crippen molar-refractivity contribution in [2.24, 2.45) is 11.8 Å². The number of hydrogen-bond acceptors (Lipinski definition) is 4. The minimum absolute atomic E-state index is 0.0272. The number of carbonyl (C=O) groups excluding carboxylic acids is 2. The first-order valence-electron chi connectivity index (χ1n) is 10.4. The number of anilines is 1. The fourth-order valence-electron chi connectivity index (χ4n) is 4.70. The number of hydrogen-bond donors (Lipinski definition) is 2. The third-order valence-electron chi connectivity index (χ3n) is 6.37.